The first-order chi connectivity index (χ1) is 11.6. The Morgan fingerprint density at radius 2 is 2.00 bits per heavy atom. The summed E-state index contributed by atoms with van der Waals surface area (Å²) in [6.45, 7) is 3.82. The second-order valence-electron chi connectivity index (χ2n) is 6.34. The third kappa shape index (κ3) is 3.77. The SMILES string of the molecule is C[C@H](Nc1cccc(C(=O)N(C)c2ccccc2)c1)[C@H]1CCOC1. The van der Waals surface area contributed by atoms with Crippen molar-refractivity contribution in [2.75, 3.05) is 30.5 Å². The van der Waals surface area contributed by atoms with Crippen LogP contribution in [0.1, 0.15) is 23.7 Å². The van der Waals surface area contributed by atoms with E-state index in [9.17, 15) is 4.79 Å². The average molecular weight is 324 g/mol. The van der Waals surface area contributed by atoms with Crippen molar-refractivity contribution in [3.63, 3.8) is 0 Å². The third-order valence-electron chi connectivity index (χ3n) is 4.62. The summed E-state index contributed by atoms with van der Waals surface area (Å²) in [5.74, 6) is 0.512. The third-order valence-corrected chi connectivity index (χ3v) is 4.62. The van der Waals surface area contributed by atoms with E-state index in [1.54, 1.807) is 11.9 Å². The summed E-state index contributed by atoms with van der Waals surface area (Å²) in [5, 5.41) is 3.51. The minimum absolute atomic E-state index is 0.0123. The maximum Gasteiger partial charge on any atom is 0.258 e. The van der Waals surface area contributed by atoms with E-state index >= 15 is 0 Å². The molecule has 0 aromatic heterocycles. The van der Waals surface area contributed by atoms with Gasteiger partial charge in [-0.05, 0) is 43.7 Å². The number of hydrogen-bond acceptors (Lipinski definition) is 3. The standard InChI is InChI=1S/C20H24N2O2/c1-15(17-11-12-24-14-17)21-18-8-6-7-16(13-18)20(23)22(2)19-9-4-3-5-10-19/h3-10,13,15,17,21H,11-12,14H2,1-2H3/t15-,17-/m0/s1. The second-order valence-corrected chi connectivity index (χ2v) is 6.34. The van der Waals surface area contributed by atoms with Gasteiger partial charge in [0.25, 0.3) is 5.91 Å². The minimum Gasteiger partial charge on any atom is -0.382 e. The zero-order valence-electron chi connectivity index (χ0n) is 14.2. The topological polar surface area (TPSA) is 41.6 Å². The molecule has 1 heterocycles. The van der Waals surface area contributed by atoms with Gasteiger partial charge in [0, 0.05) is 42.6 Å². The van der Waals surface area contributed by atoms with Gasteiger partial charge in [-0.2, -0.15) is 0 Å². The van der Waals surface area contributed by atoms with Crippen molar-refractivity contribution in [2.24, 2.45) is 5.92 Å². The van der Waals surface area contributed by atoms with Crippen LogP contribution >= 0.6 is 0 Å². The Hall–Kier alpha value is -2.33. The van der Waals surface area contributed by atoms with Gasteiger partial charge in [0.2, 0.25) is 0 Å². The molecule has 4 nitrogen and oxygen atoms in total. The van der Waals surface area contributed by atoms with Gasteiger partial charge in [-0.15, -0.1) is 0 Å². The van der Waals surface area contributed by atoms with Crippen LogP contribution in [0.4, 0.5) is 11.4 Å². The van der Waals surface area contributed by atoms with Crippen molar-refractivity contribution in [2.45, 2.75) is 19.4 Å². The van der Waals surface area contributed by atoms with Gasteiger partial charge >= 0.3 is 0 Å². The largest absolute Gasteiger partial charge is 0.382 e. The Labute approximate surface area is 143 Å². The van der Waals surface area contributed by atoms with Crippen LogP contribution in [0, 0.1) is 5.92 Å². The Kier molecular flexibility index (Phi) is 5.16. The molecule has 1 N–H and O–H groups in total. The van der Waals surface area contributed by atoms with Gasteiger partial charge in [0.1, 0.15) is 0 Å². The highest BCUT2D eigenvalue weighted by Gasteiger charge is 2.22. The molecule has 2 atom stereocenters. The predicted molar refractivity (Wildman–Crippen MR) is 97.6 cm³/mol. The Morgan fingerprint density at radius 3 is 2.71 bits per heavy atom. The lowest BCUT2D eigenvalue weighted by Crippen LogP contribution is -2.27. The molecule has 0 unspecified atom stereocenters. The lowest BCUT2D eigenvalue weighted by Gasteiger charge is -2.21. The Bertz CT molecular complexity index is 681. The number of carbonyl (C=O) groups is 1. The van der Waals surface area contributed by atoms with E-state index < -0.39 is 0 Å². The zero-order chi connectivity index (χ0) is 16.9. The van der Waals surface area contributed by atoms with E-state index in [4.69, 9.17) is 4.74 Å². The molecule has 1 aliphatic rings. The summed E-state index contributed by atoms with van der Waals surface area (Å²) < 4.78 is 5.46. The number of nitrogens with one attached hydrogen (secondary N) is 1. The molecule has 0 radical (unpaired) electrons. The first-order valence-corrected chi connectivity index (χ1v) is 8.42. The van der Waals surface area contributed by atoms with Gasteiger partial charge < -0.3 is 15.0 Å². The van der Waals surface area contributed by atoms with Crippen molar-refractivity contribution in [1.29, 1.82) is 0 Å². The molecule has 1 saturated heterocycles. The van der Waals surface area contributed by atoms with E-state index in [1.165, 1.54) is 0 Å². The summed E-state index contributed by atoms with van der Waals surface area (Å²) in [5.41, 5.74) is 2.54. The first-order valence-electron chi connectivity index (χ1n) is 8.42. The maximum atomic E-state index is 12.7. The van der Waals surface area contributed by atoms with Crippen molar-refractivity contribution < 1.29 is 9.53 Å². The molecular weight excluding hydrogens is 300 g/mol. The molecule has 1 amide bonds. The highest BCUT2D eigenvalue weighted by atomic mass is 16.5. The smallest absolute Gasteiger partial charge is 0.258 e. The highest BCUT2D eigenvalue weighted by molar-refractivity contribution is 6.06. The summed E-state index contributed by atoms with van der Waals surface area (Å²) in [4.78, 5) is 14.4. The van der Waals surface area contributed by atoms with Gasteiger partial charge in [0.15, 0.2) is 0 Å². The molecule has 2 aromatic rings. The van der Waals surface area contributed by atoms with Crippen LogP contribution in [0.2, 0.25) is 0 Å². The predicted octanol–water partition coefficient (Wildman–Crippen LogP) is 3.80. The molecule has 2 aromatic carbocycles. The summed E-state index contributed by atoms with van der Waals surface area (Å²) in [6, 6.07) is 17.7. The summed E-state index contributed by atoms with van der Waals surface area (Å²) >= 11 is 0. The normalized spacial score (nSPS) is 18.2. The molecule has 126 valence electrons. The van der Waals surface area contributed by atoms with Gasteiger partial charge in [0.05, 0.1) is 6.61 Å². The van der Waals surface area contributed by atoms with Crippen LogP contribution in [0.15, 0.2) is 54.6 Å². The highest BCUT2D eigenvalue weighted by Crippen LogP contribution is 2.22. The van der Waals surface area contributed by atoms with Gasteiger partial charge in [-0.1, -0.05) is 24.3 Å². The fraction of sp³-hybridized carbons (Fsp3) is 0.350. The average Bonchev–Trinajstić information content (AvgIpc) is 3.16. The molecular formula is C20H24N2O2. The van der Waals surface area contributed by atoms with E-state index in [-0.39, 0.29) is 5.91 Å². The number of hydrogen-bond donors (Lipinski definition) is 1. The quantitative estimate of drug-likeness (QED) is 0.909. The number of ether oxygens (including phenoxy) is 1. The van der Waals surface area contributed by atoms with Crippen molar-refractivity contribution in [1.82, 2.24) is 0 Å². The van der Waals surface area contributed by atoms with Crippen LogP contribution in [0.5, 0.6) is 0 Å². The molecule has 3 rings (SSSR count). The van der Waals surface area contributed by atoms with E-state index in [1.807, 2.05) is 54.6 Å². The van der Waals surface area contributed by atoms with Crippen LogP contribution in [0.3, 0.4) is 0 Å². The number of para-hydroxylation sites is 1. The molecule has 1 fully saturated rings. The van der Waals surface area contributed by atoms with Crippen LogP contribution in [-0.2, 0) is 4.74 Å². The lowest BCUT2D eigenvalue weighted by molar-refractivity contribution is 0.0993. The lowest BCUT2D eigenvalue weighted by atomic mass is 10.0. The number of anilines is 2. The number of amides is 1. The Balaban J connectivity index is 1.71. The fourth-order valence-electron chi connectivity index (χ4n) is 3.03. The van der Waals surface area contributed by atoms with Gasteiger partial charge in [-0.25, -0.2) is 0 Å². The van der Waals surface area contributed by atoms with Crippen molar-refractivity contribution in [3.05, 3.63) is 60.2 Å². The molecule has 0 saturated carbocycles. The molecule has 4 heteroatoms. The zero-order valence-corrected chi connectivity index (χ0v) is 14.2. The van der Waals surface area contributed by atoms with Crippen LogP contribution < -0.4 is 10.2 Å². The minimum atomic E-state index is -0.0123. The number of carbonyl (C=O) groups excluding carboxylic acids is 1. The molecule has 1 aliphatic heterocycles. The number of benzene rings is 2. The molecule has 0 bridgehead atoms. The molecule has 0 spiro atoms. The summed E-state index contributed by atoms with van der Waals surface area (Å²) in [7, 11) is 1.80. The van der Waals surface area contributed by atoms with E-state index in [2.05, 4.69) is 12.2 Å². The van der Waals surface area contributed by atoms with Gasteiger partial charge in [-0.3, -0.25) is 4.79 Å². The van der Waals surface area contributed by atoms with E-state index in [0.717, 1.165) is 31.0 Å². The first kappa shape index (κ1) is 16.5. The molecule has 24 heavy (non-hydrogen) atoms. The van der Waals surface area contributed by atoms with E-state index in [0.29, 0.717) is 17.5 Å². The fourth-order valence-corrected chi connectivity index (χ4v) is 3.03. The van der Waals surface area contributed by atoms with Crippen LogP contribution in [-0.4, -0.2) is 32.2 Å². The van der Waals surface area contributed by atoms with Crippen molar-refractivity contribution >= 4 is 17.3 Å². The second kappa shape index (κ2) is 7.49. The Morgan fingerprint density at radius 1 is 1.21 bits per heavy atom. The van der Waals surface area contributed by atoms with Crippen molar-refractivity contribution in [3.8, 4) is 0 Å². The molecule has 0 aliphatic carbocycles. The number of rotatable bonds is 5. The van der Waals surface area contributed by atoms with Crippen LogP contribution in [0.25, 0.3) is 0 Å². The monoisotopic (exact) mass is 324 g/mol. The maximum absolute atomic E-state index is 12.7. The summed E-state index contributed by atoms with van der Waals surface area (Å²) in [6.07, 6.45) is 1.09. The number of nitrogens with zero attached hydrogens (tertiary/aromatic N) is 1.